The fraction of sp³-hybridized carbons (Fsp3) is 0.323. The Morgan fingerprint density at radius 2 is 1.92 bits per heavy atom. The summed E-state index contributed by atoms with van der Waals surface area (Å²) in [5.41, 5.74) is 7.26. The lowest BCUT2D eigenvalue weighted by molar-refractivity contribution is 0.0851. The third kappa shape index (κ3) is 5.69. The van der Waals surface area contributed by atoms with Gasteiger partial charge in [-0.2, -0.15) is 0 Å². The zero-order valence-corrected chi connectivity index (χ0v) is 23.1. The molecule has 1 aromatic heterocycles. The predicted octanol–water partition coefficient (Wildman–Crippen LogP) is 5.42. The van der Waals surface area contributed by atoms with Crippen LogP contribution < -0.4 is 14.9 Å². The summed E-state index contributed by atoms with van der Waals surface area (Å²) in [4.78, 5) is 13.7. The highest BCUT2D eigenvalue weighted by atomic mass is 32.2. The van der Waals surface area contributed by atoms with Crippen LogP contribution in [-0.2, 0) is 19.4 Å². The Balaban J connectivity index is 1.42. The molecule has 38 heavy (non-hydrogen) atoms. The van der Waals surface area contributed by atoms with Crippen LogP contribution in [0.5, 0.6) is 0 Å². The number of benzene rings is 3. The molecular weight excluding hydrogens is 492 g/mol. The number of aliphatic hydroxyl groups excluding tert-OH is 1. The second-order valence-corrected chi connectivity index (χ2v) is 11.2. The van der Waals surface area contributed by atoms with E-state index in [0.29, 0.717) is 18.5 Å². The summed E-state index contributed by atoms with van der Waals surface area (Å²) in [6.07, 6.45) is 2.99. The summed E-state index contributed by atoms with van der Waals surface area (Å²) in [5, 5.41) is 19.0. The van der Waals surface area contributed by atoms with Gasteiger partial charge in [0.15, 0.2) is 0 Å². The molecule has 198 valence electrons. The monoisotopic (exact) mass is 528 g/mol. The molecule has 2 atom stereocenters. The molecular formula is C31H36N4O2S. The standard InChI is InChI=1S/C31H36N4O2S/c1-4-35-20-23-13-14-38-34(3)27-17-24(18-28(35)30(23)27)31(37)33-26(16-22-10-6-5-7-11-22)29(36)19-32-25-12-8-9-21(2)15-25/h5-12,15,17-18,20,26,29,32,36H,4,13-14,16,19H2,1-3H3,(H,33,37)/t26-,29+/m0/s1. The van der Waals surface area contributed by atoms with Crippen molar-refractivity contribution in [3.8, 4) is 0 Å². The molecule has 1 amide bonds. The lowest BCUT2D eigenvalue weighted by Crippen LogP contribution is -2.47. The highest BCUT2D eigenvalue weighted by molar-refractivity contribution is 8.00. The summed E-state index contributed by atoms with van der Waals surface area (Å²) in [5.74, 6) is 0.834. The first-order valence-corrected chi connectivity index (χ1v) is 14.2. The maximum Gasteiger partial charge on any atom is 0.251 e. The Bertz CT molecular complexity index is 1420. The van der Waals surface area contributed by atoms with E-state index in [9.17, 15) is 9.90 Å². The number of rotatable bonds is 9. The molecule has 0 fully saturated rings. The van der Waals surface area contributed by atoms with Gasteiger partial charge in [0.1, 0.15) is 0 Å². The first-order valence-electron chi connectivity index (χ1n) is 13.3. The quantitative estimate of drug-likeness (QED) is 0.253. The third-order valence-corrected chi connectivity index (χ3v) is 8.22. The van der Waals surface area contributed by atoms with Crippen molar-refractivity contribution in [1.29, 1.82) is 0 Å². The molecule has 0 aliphatic carbocycles. The van der Waals surface area contributed by atoms with E-state index in [1.807, 2.05) is 73.7 Å². The molecule has 0 radical (unpaired) electrons. The van der Waals surface area contributed by atoms with Gasteiger partial charge in [-0.25, -0.2) is 0 Å². The Kier molecular flexibility index (Phi) is 7.95. The number of aromatic nitrogens is 1. The number of amides is 1. The molecule has 6 nitrogen and oxygen atoms in total. The number of aryl methyl sites for hydroxylation is 3. The molecule has 0 unspecified atom stereocenters. The Labute approximate surface area is 229 Å². The minimum Gasteiger partial charge on any atom is -0.389 e. The Morgan fingerprint density at radius 3 is 2.68 bits per heavy atom. The first-order chi connectivity index (χ1) is 18.4. The molecule has 3 aromatic carbocycles. The van der Waals surface area contributed by atoms with Crippen molar-refractivity contribution < 1.29 is 9.90 Å². The van der Waals surface area contributed by atoms with E-state index in [4.69, 9.17) is 0 Å². The van der Waals surface area contributed by atoms with Gasteiger partial charge in [0, 0.05) is 48.7 Å². The van der Waals surface area contributed by atoms with Gasteiger partial charge in [-0.1, -0.05) is 42.5 Å². The van der Waals surface area contributed by atoms with Crippen LogP contribution in [0, 0.1) is 6.92 Å². The van der Waals surface area contributed by atoms with Gasteiger partial charge in [-0.15, -0.1) is 0 Å². The van der Waals surface area contributed by atoms with E-state index in [1.54, 1.807) is 11.9 Å². The second kappa shape index (κ2) is 11.5. The number of aliphatic hydroxyl groups is 1. The van der Waals surface area contributed by atoms with Crippen LogP contribution in [-0.4, -0.2) is 47.1 Å². The summed E-state index contributed by atoms with van der Waals surface area (Å²) in [7, 11) is 2.07. The van der Waals surface area contributed by atoms with Crippen molar-refractivity contribution in [2.45, 2.75) is 45.4 Å². The molecule has 4 aromatic rings. The minimum atomic E-state index is -0.783. The average molecular weight is 529 g/mol. The first kappa shape index (κ1) is 26.2. The maximum absolute atomic E-state index is 13.7. The Hall–Kier alpha value is -3.42. The van der Waals surface area contributed by atoms with Crippen LogP contribution in [0.15, 0.2) is 72.9 Å². The van der Waals surface area contributed by atoms with Crippen LogP contribution >= 0.6 is 11.9 Å². The highest BCUT2D eigenvalue weighted by Gasteiger charge is 2.25. The van der Waals surface area contributed by atoms with Crippen molar-refractivity contribution >= 4 is 40.1 Å². The van der Waals surface area contributed by atoms with Gasteiger partial charge in [0.05, 0.1) is 23.3 Å². The smallest absolute Gasteiger partial charge is 0.251 e. The predicted molar refractivity (Wildman–Crippen MR) is 159 cm³/mol. The van der Waals surface area contributed by atoms with Crippen LogP contribution in [0.1, 0.15) is 34.0 Å². The highest BCUT2D eigenvalue weighted by Crippen LogP contribution is 2.38. The molecule has 3 N–H and O–H groups in total. The van der Waals surface area contributed by atoms with Gasteiger partial charge >= 0.3 is 0 Å². The molecule has 0 bridgehead atoms. The summed E-state index contributed by atoms with van der Waals surface area (Å²) >= 11 is 1.78. The third-order valence-electron chi connectivity index (χ3n) is 7.25. The number of nitrogens with one attached hydrogen (secondary N) is 2. The van der Waals surface area contributed by atoms with Crippen LogP contribution in [0.3, 0.4) is 0 Å². The molecule has 0 spiro atoms. The lowest BCUT2D eigenvalue weighted by Gasteiger charge is -2.26. The summed E-state index contributed by atoms with van der Waals surface area (Å²) in [6, 6.07) is 21.6. The van der Waals surface area contributed by atoms with Gasteiger partial charge < -0.3 is 24.6 Å². The summed E-state index contributed by atoms with van der Waals surface area (Å²) in [6.45, 7) is 5.35. The van der Waals surface area contributed by atoms with Crippen molar-refractivity contribution in [1.82, 2.24) is 9.88 Å². The van der Waals surface area contributed by atoms with Gasteiger partial charge in [-0.3, -0.25) is 4.79 Å². The maximum atomic E-state index is 13.7. The van der Waals surface area contributed by atoms with E-state index in [0.717, 1.165) is 46.7 Å². The second-order valence-electron chi connectivity index (χ2n) is 10.00. The van der Waals surface area contributed by atoms with E-state index >= 15 is 0 Å². The number of anilines is 2. The number of carbonyl (C=O) groups excluding carboxylic acids is 1. The van der Waals surface area contributed by atoms with E-state index in [1.165, 1.54) is 10.9 Å². The largest absolute Gasteiger partial charge is 0.389 e. The van der Waals surface area contributed by atoms with Crippen molar-refractivity contribution in [3.63, 3.8) is 0 Å². The Morgan fingerprint density at radius 1 is 1.11 bits per heavy atom. The summed E-state index contributed by atoms with van der Waals surface area (Å²) < 4.78 is 4.41. The zero-order valence-electron chi connectivity index (χ0n) is 22.3. The van der Waals surface area contributed by atoms with Gasteiger partial charge in [-0.05, 0) is 79.6 Å². The topological polar surface area (TPSA) is 69.5 Å². The number of hydrogen-bond donors (Lipinski definition) is 3. The number of carbonyl (C=O) groups is 1. The van der Waals surface area contributed by atoms with Gasteiger partial charge in [0.2, 0.25) is 0 Å². The number of nitrogens with zero attached hydrogens (tertiary/aromatic N) is 2. The molecule has 7 heteroatoms. The van der Waals surface area contributed by atoms with Crippen LogP contribution in [0.4, 0.5) is 11.4 Å². The molecule has 1 aliphatic heterocycles. The fourth-order valence-electron chi connectivity index (χ4n) is 5.20. The lowest BCUT2D eigenvalue weighted by atomic mass is 9.99. The van der Waals surface area contributed by atoms with Crippen LogP contribution in [0.2, 0.25) is 0 Å². The number of hydrogen-bond acceptors (Lipinski definition) is 5. The minimum absolute atomic E-state index is 0.174. The zero-order chi connectivity index (χ0) is 26.6. The molecule has 0 saturated heterocycles. The van der Waals surface area contributed by atoms with E-state index in [-0.39, 0.29) is 5.91 Å². The molecule has 2 heterocycles. The van der Waals surface area contributed by atoms with Crippen molar-refractivity contribution in [3.05, 3.63) is 95.2 Å². The normalized spacial score (nSPS) is 14.7. The van der Waals surface area contributed by atoms with E-state index < -0.39 is 12.1 Å². The fourth-order valence-corrected chi connectivity index (χ4v) is 6.07. The van der Waals surface area contributed by atoms with Gasteiger partial charge in [0.25, 0.3) is 5.91 Å². The molecule has 1 aliphatic rings. The van der Waals surface area contributed by atoms with E-state index in [2.05, 4.69) is 39.7 Å². The molecule has 0 saturated carbocycles. The average Bonchev–Trinajstić information content (AvgIpc) is 3.20. The molecule has 5 rings (SSSR count). The van der Waals surface area contributed by atoms with Crippen LogP contribution in [0.25, 0.3) is 10.9 Å². The van der Waals surface area contributed by atoms with Crippen molar-refractivity contribution in [2.75, 3.05) is 29.0 Å². The van der Waals surface area contributed by atoms with Crippen molar-refractivity contribution in [2.24, 2.45) is 0 Å². The SMILES string of the molecule is CCn1cc2c3c(cc(C(=O)N[C@@H](Cc4ccccc4)[C@H](O)CNc4cccc(C)c4)cc31)N(C)SCC2.